The molecule has 88 valence electrons. The highest BCUT2D eigenvalue weighted by Crippen LogP contribution is 2.11. The van der Waals surface area contributed by atoms with Crippen molar-refractivity contribution in [3.05, 3.63) is 54.1 Å². The van der Waals surface area contributed by atoms with E-state index in [1.54, 1.807) is 30.3 Å². The summed E-state index contributed by atoms with van der Waals surface area (Å²) >= 11 is 0. The number of rotatable bonds is 5. The van der Waals surface area contributed by atoms with Gasteiger partial charge in [0.2, 0.25) is 0 Å². The van der Waals surface area contributed by atoms with Gasteiger partial charge in [0.25, 0.3) is 5.91 Å². The second-order valence-corrected chi connectivity index (χ2v) is 3.37. The molecule has 4 N–H and O–H groups in total. The van der Waals surface area contributed by atoms with E-state index in [1.165, 1.54) is 6.08 Å². The van der Waals surface area contributed by atoms with Crippen molar-refractivity contribution in [3.63, 3.8) is 0 Å². The number of benzene rings is 1. The van der Waals surface area contributed by atoms with Crippen molar-refractivity contribution in [2.45, 2.75) is 0 Å². The fourth-order valence-electron chi connectivity index (χ4n) is 1.29. The first-order valence-corrected chi connectivity index (χ1v) is 5.14. The van der Waals surface area contributed by atoms with Crippen molar-refractivity contribution < 1.29 is 4.79 Å². The second kappa shape index (κ2) is 6.27. The van der Waals surface area contributed by atoms with Crippen molar-refractivity contribution in [3.8, 4) is 0 Å². The standard InChI is InChI=1S/C13H15N3O/c1-2-8-16-13(17)11-5-3-4-10(9-11)12(15)6-7-14/h2-7,9,14H,1,8,15H2,(H,16,17). The molecule has 0 unspecified atom stereocenters. The zero-order chi connectivity index (χ0) is 12.7. The van der Waals surface area contributed by atoms with E-state index in [4.69, 9.17) is 11.1 Å². The Balaban J connectivity index is 2.92. The van der Waals surface area contributed by atoms with Crippen LogP contribution in [0.1, 0.15) is 15.9 Å². The smallest absolute Gasteiger partial charge is 0.251 e. The van der Waals surface area contributed by atoms with E-state index in [9.17, 15) is 4.79 Å². The maximum absolute atomic E-state index is 11.7. The van der Waals surface area contributed by atoms with Crippen LogP contribution >= 0.6 is 0 Å². The molecule has 0 spiro atoms. The summed E-state index contributed by atoms with van der Waals surface area (Å²) in [6.45, 7) is 3.95. The Bertz CT molecular complexity index is 463. The first kappa shape index (κ1) is 12.7. The summed E-state index contributed by atoms with van der Waals surface area (Å²) in [5.74, 6) is -0.172. The maximum atomic E-state index is 11.7. The van der Waals surface area contributed by atoms with Crippen LogP contribution in [0.4, 0.5) is 0 Å². The van der Waals surface area contributed by atoms with Gasteiger partial charge >= 0.3 is 0 Å². The largest absolute Gasteiger partial charge is 0.398 e. The van der Waals surface area contributed by atoms with Crippen molar-refractivity contribution in [1.29, 1.82) is 5.41 Å². The van der Waals surface area contributed by atoms with Gasteiger partial charge < -0.3 is 16.5 Å². The summed E-state index contributed by atoms with van der Waals surface area (Å²) in [4.78, 5) is 11.7. The van der Waals surface area contributed by atoms with Gasteiger partial charge in [-0.2, -0.15) is 0 Å². The third-order valence-electron chi connectivity index (χ3n) is 2.13. The molecule has 17 heavy (non-hydrogen) atoms. The second-order valence-electron chi connectivity index (χ2n) is 3.37. The van der Waals surface area contributed by atoms with Crippen LogP contribution in [0, 0.1) is 5.41 Å². The van der Waals surface area contributed by atoms with Crippen molar-refractivity contribution in [2.24, 2.45) is 5.73 Å². The Labute approximate surface area is 100 Å². The molecule has 0 aliphatic carbocycles. The molecule has 0 aromatic heterocycles. The number of carbonyl (C=O) groups excluding carboxylic acids is 1. The predicted octanol–water partition coefficient (Wildman–Crippen LogP) is 1.55. The molecule has 0 saturated carbocycles. The predicted molar refractivity (Wildman–Crippen MR) is 69.9 cm³/mol. The quantitative estimate of drug-likeness (QED) is 0.529. The van der Waals surface area contributed by atoms with Crippen molar-refractivity contribution in [2.75, 3.05) is 6.54 Å². The van der Waals surface area contributed by atoms with Gasteiger partial charge in [-0.15, -0.1) is 6.58 Å². The zero-order valence-corrected chi connectivity index (χ0v) is 9.44. The highest BCUT2D eigenvalue weighted by molar-refractivity contribution is 5.95. The molecule has 4 heteroatoms. The van der Waals surface area contributed by atoms with Crippen molar-refractivity contribution >= 4 is 17.8 Å². The van der Waals surface area contributed by atoms with E-state index in [1.807, 2.05) is 0 Å². The minimum atomic E-state index is -0.172. The number of carbonyl (C=O) groups is 1. The molecular formula is C13H15N3O. The van der Waals surface area contributed by atoms with E-state index in [0.717, 1.165) is 11.8 Å². The van der Waals surface area contributed by atoms with E-state index in [2.05, 4.69) is 11.9 Å². The number of amides is 1. The molecule has 0 atom stereocenters. The van der Waals surface area contributed by atoms with E-state index in [0.29, 0.717) is 17.8 Å². The fourth-order valence-corrected chi connectivity index (χ4v) is 1.29. The molecule has 0 radical (unpaired) electrons. The van der Waals surface area contributed by atoms with E-state index < -0.39 is 0 Å². The highest BCUT2D eigenvalue weighted by Gasteiger charge is 2.05. The molecule has 0 saturated heterocycles. The first-order chi connectivity index (χ1) is 8.19. The summed E-state index contributed by atoms with van der Waals surface area (Å²) < 4.78 is 0. The van der Waals surface area contributed by atoms with Gasteiger partial charge in [0.1, 0.15) is 0 Å². The summed E-state index contributed by atoms with van der Waals surface area (Å²) in [6.07, 6.45) is 4.20. The van der Waals surface area contributed by atoms with Crippen LogP contribution in [-0.4, -0.2) is 18.7 Å². The van der Waals surface area contributed by atoms with Crippen LogP contribution in [0.3, 0.4) is 0 Å². The molecular weight excluding hydrogens is 214 g/mol. The molecule has 1 aromatic rings. The molecule has 4 nitrogen and oxygen atoms in total. The van der Waals surface area contributed by atoms with Gasteiger partial charge in [-0.05, 0) is 23.8 Å². The van der Waals surface area contributed by atoms with Gasteiger partial charge in [0.15, 0.2) is 0 Å². The highest BCUT2D eigenvalue weighted by atomic mass is 16.1. The molecule has 1 amide bonds. The number of hydrogen-bond acceptors (Lipinski definition) is 3. The monoisotopic (exact) mass is 229 g/mol. The topological polar surface area (TPSA) is 79.0 Å². The third-order valence-corrected chi connectivity index (χ3v) is 2.13. The summed E-state index contributed by atoms with van der Waals surface area (Å²) in [7, 11) is 0. The number of nitrogens with two attached hydrogens (primary N) is 1. The molecule has 0 heterocycles. The van der Waals surface area contributed by atoms with Crippen LogP contribution in [0.5, 0.6) is 0 Å². The van der Waals surface area contributed by atoms with Gasteiger partial charge in [-0.1, -0.05) is 18.2 Å². The number of hydrogen-bond donors (Lipinski definition) is 3. The lowest BCUT2D eigenvalue weighted by Gasteiger charge is -2.05. The van der Waals surface area contributed by atoms with Crippen LogP contribution in [0.15, 0.2) is 43.0 Å². The minimum absolute atomic E-state index is 0.172. The molecule has 0 aliphatic rings. The Morgan fingerprint density at radius 3 is 2.82 bits per heavy atom. The Kier molecular flexibility index (Phi) is 4.69. The van der Waals surface area contributed by atoms with Crippen LogP contribution in [0.25, 0.3) is 5.70 Å². The average Bonchev–Trinajstić information content (AvgIpc) is 2.36. The molecule has 1 rings (SSSR count). The Hall–Kier alpha value is -2.36. The zero-order valence-electron chi connectivity index (χ0n) is 9.44. The Morgan fingerprint density at radius 1 is 1.47 bits per heavy atom. The molecule has 0 bridgehead atoms. The van der Waals surface area contributed by atoms with Crippen molar-refractivity contribution in [1.82, 2.24) is 5.32 Å². The van der Waals surface area contributed by atoms with Gasteiger partial charge in [-0.3, -0.25) is 4.79 Å². The maximum Gasteiger partial charge on any atom is 0.251 e. The lowest BCUT2D eigenvalue weighted by molar-refractivity contribution is 0.0958. The Morgan fingerprint density at radius 2 is 2.18 bits per heavy atom. The fraction of sp³-hybridized carbons (Fsp3) is 0.0769. The summed E-state index contributed by atoms with van der Waals surface area (Å²) in [6, 6.07) is 6.94. The minimum Gasteiger partial charge on any atom is -0.398 e. The molecule has 1 aromatic carbocycles. The molecule has 0 aliphatic heterocycles. The third kappa shape index (κ3) is 3.61. The van der Waals surface area contributed by atoms with Gasteiger partial charge in [0, 0.05) is 24.0 Å². The normalized spacial score (nSPS) is 10.7. The SMILES string of the molecule is C=CCNC(=O)c1cccc(C(N)=CC=N)c1. The first-order valence-electron chi connectivity index (χ1n) is 5.14. The summed E-state index contributed by atoms with van der Waals surface area (Å²) in [5, 5.41) is 9.62. The van der Waals surface area contributed by atoms with Crippen LogP contribution < -0.4 is 11.1 Å². The number of allylic oxidation sites excluding steroid dienone is 1. The van der Waals surface area contributed by atoms with E-state index >= 15 is 0 Å². The number of nitrogens with one attached hydrogen (secondary N) is 2. The van der Waals surface area contributed by atoms with Crippen LogP contribution in [-0.2, 0) is 0 Å². The average molecular weight is 229 g/mol. The lowest BCUT2D eigenvalue weighted by atomic mass is 10.1. The molecule has 0 fully saturated rings. The van der Waals surface area contributed by atoms with E-state index in [-0.39, 0.29) is 5.91 Å². The lowest BCUT2D eigenvalue weighted by Crippen LogP contribution is -2.23. The van der Waals surface area contributed by atoms with Crippen LogP contribution in [0.2, 0.25) is 0 Å². The van der Waals surface area contributed by atoms with Gasteiger partial charge in [-0.25, -0.2) is 0 Å². The summed E-state index contributed by atoms with van der Waals surface area (Å²) in [5.41, 5.74) is 7.45. The van der Waals surface area contributed by atoms with Gasteiger partial charge in [0.05, 0.1) is 0 Å².